The number of aryl methyl sites for hydroxylation is 1. The zero-order valence-electron chi connectivity index (χ0n) is 19.4. The molecule has 0 fully saturated rings. The predicted molar refractivity (Wildman–Crippen MR) is 146 cm³/mol. The van der Waals surface area contributed by atoms with E-state index in [-0.39, 0.29) is 11.6 Å². The van der Waals surface area contributed by atoms with E-state index >= 15 is 0 Å². The molecule has 36 heavy (non-hydrogen) atoms. The average Bonchev–Trinajstić information content (AvgIpc) is 3.48. The van der Waals surface area contributed by atoms with Crippen molar-refractivity contribution in [3.8, 4) is 22.4 Å². The number of hydrazine groups is 1. The van der Waals surface area contributed by atoms with E-state index in [0.717, 1.165) is 22.6 Å². The number of nitrogens with one attached hydrogen (secondary N) is 2. The topological polar surface area (TPSA) is 130 Å². The van der Waals surface area contributed by atoms with Crippen LogP contribution in [-0.4, -0.2) is 27.9 Å². The van der Waals surface area contributed by atoms with Crippen molar-refractivity contribution in [1.82, 2.24) is 14.5 Å². The minimum atomic E-state index is -0.251. The molecule has 1 atom stereocenters. The van der Waals surface area contributed by atoms with E-state index in [0.29, 0.717) is 45.7 Å². The van der Waals surface area contributed by atoms with Gasteiger partial charge in [-0.2, -0.15) is 5.10 Å². The molecule has 4 aromatic rings. The van der Waals surface area contributed by atoms with Gasteiger partial charge < -0.3 is 20.7 Å². The standard InChI is InChI=1S/C25H24Cl2N8O/c1-30-17-5-2-14(3-6-17)23-24(27)33-25(32-23)21-9-7-18-10-15(11-22(36)35(18)21)19-12-16(26)4-8-20(19)34(29)13-31-28/h2-6,8,10-13,21,30H,7,9,28-29H2,1H3,(H,32,33)/b31-13-. The Hall–Kier alpha value is -3.79. The van der Waals surface area contributed by atoms with Crippen LogP contribution >= 0.6 is 23.2 Å². The summed E-state index contributed by atoms with van der Waals surface area (Å²) in [6.45, 7) is 0. The second-order valence-electron chi connectivity index (χ2n) is 8.45. The first-order chi connectivity index (χ1) is 17.4. The van der Waals surface area contributed by atoms with Crippen molar-refractivity contribution in [2.24, 2.45) is 16.8 Å². The summed E-state index contributed by atoms with van der Waals surface area (Å²) < 4.78 is 1.76. The Morgan fingerprint density at radius 1 is 1.17 bits per heavy atom. The fraction of sp³-hybridized carbons (Fsp3) is 0.160. The number of hydrogen-bond acceptors (Lipinski definition) is 6. The molecule has 0 aliphatic carbocycles. The van der Waals surface area contributed by atoms with Crippen molar-refractivity contribution < 1.29 is 0 Å². The number of nitrogens with two attached hydrogens (primary N) is 2. The lowest BCUT2D eigenvalue weighted by atomic mass is 10.0. The van der Waals surface area contributed by atoms with Crippen LogP contribution in [0.5, 0.6) is 0 Å². The molecule has 0 saturated heterocycles. The summed E-state index contributed by atoms with van der Waals surface area (Å²) in [4.78, 5) is 21.3. The number of aromatic nitrogens is 3. The van der Waals surface area contributed by atoms with Gasteiger partial charge in [0.15, 0.2) is 5.15 Å². The number of pyridine rings is 1. The number of halogens is 2. The van der Waals surface area contributed by atoms with Gasteiger partial charge in [-0.25, -0.2) is 10.8 Å². The number of nitrogens with zero attached hydrogens (tertiary/aromatic N) is 4. The monoisotopic (exact) mass is 522 g/mol. The van der Waals surface area contributed by atoms with E-state index < -0.39 is 0 Å². The Bertz CT molecular complexity index is 1510. The normalized spacial score (nSPS) is 14.8. The van der Waals surface area contributed by atoms with Crippen molar-refractivity contribution >= 4 is 40.9 Å². The van der Waals surface area contributed by atoms with Crippen LogP contribution in [-0.2, 0) is 6.42 Å². The number of aromatic amines is 1. The molecule has 0 spiro atoms. The van der Waals surface area contributed by atoms with Crippen LogP contribution in [0.25, 0.3) is 22.4 Å². The van der Waals surface area contributed by atoms with Gasteiger partial charge in [-0.3, -0.25) is 9.80 Å². The maximum absolute atomic E-state index is 13.4. The van der Waals surface area contributed by atoms with Crippen molar-refractivity contribution in [3.05, 3.63) is 86.6 Å². The smallest absolute Gasteiger partial charge is 0.252 e. The summed E-state index contributed by atoms with van der Waals surface area (Å²) in [5.74, 6) is 12.0. The molecule has 0 amide bonds. The van der Waals surface area contributed by atoms with Gasteiger partial charge in [0.25, 0.3) is 5.56 Å². The third kappa shape index (κ3) is 4.32. The second kappa shape index (κ2) is 9.69. The molecule has 1 aliphatic rings. The van der Waals surface area contributed by atoms with Gasteiger partial charge in [-0.05, 0) is 54.8 Å². The lowest BCUT2D eigenvalue weighted by Gasteiger charge is -2.18. The lowest BCUT2D eigenvalue weighted by Crippen LogP contribution is -2.30. The highest BCUT2D eigenvalue weighted by Gasteiger charge is 2.29. The predicted octanol–water partition coefficient (Wildman–Crippen LogP) is 4.37. The first-order valence-electron chi connectivity index (χ1n) is 11.3. The molecule has 0 saturated carbocycles. The number of H-pyrrole nitrogens is 1. The van der Waals surface area contributed by atoms with E-state index in [1.165, 1.54) is 11.3 Å². The molecular formula is C25H24Cl2N8O. The molecule has 5 rings (SSSR count). The number of hydrazone groups is 1. The van der Waals surface area contributed by atoms with Crippen molar-refractivity contribution in [2.75, 3.05) is 17.4 Å². The maximum Gasteiger partial charge on any atom is 0.252 e. The second-order valence-corrected chi connectivity index (χ2v) is 9.24. The third-order valence-corrected chi connectivity index (χ3v) is 6.84. The molecule has 2 aromatic carbocycles. The van der Waals surface area contributed by atoms with E-state index in [9.17, 15) is 4.79 Å². The number of benzene rings is 2. The average molecular weight is 523 g/mol. The number of fused-ring (bicyclic) bond motifs is 1. The fourth-order valence-electron chi connectivity index (χ4n) is 4.63. The van der Waals surface area contributed by atoms with E-state index in [1.54, 1.807) is 28.8 Å². The Morgan fingerprint density at radius 2 is 1.94 bits per heavy atom. The number of anilines is 2. The molecule has 9 nitrogen and oxygen atoms in total. The Labute approximate surface area is 217 Å². The SMILES string of the molecule is CNc1ccc(-c2[nH]c(C3CCc4cc(-c5cc(Cl)ccc5N(N)/C=N\N)cc(=O)n43)nc2Cl)cc1. The van der Waals surface area contributed by atoms with Crippen molar-refractivity contribution in [2.45, 2.75) is 18.9 Å². The van der Waals surface area contributed by atoms with Gasteiger partial charge in [-0.15, -0.1) is 0 Å². The Kier molecular flexibility index (Phi) is 6.44. The largest absolute Gasteiger partial charge is 0.388 e. The van der Waals surface area contributed by atoms with Gasteiger partial charge in [0, 0.05) is 40.6 Å². The minimum absolute atomic E-state index is 0.153. The number of rotatable bonds is 6. The highest BCUT2D eigenvalue weighted by Crippen LogP contribution is 2.37. The van der Waals surface area contributed by atoms with Gasteiger partial charge in [0.05, 0.1) is 17.4 Å². The zero-order chi connectivity index (χ0) is 25.4. The number of imidazole rings is 1. The molecule has 2 aromatic heterocycles. The minimum Gasteiger partial charge on any atom is -0.388 e. The van der Waals surface area contributed by atoms with Crippen LogP contribution in [0.3, 0.4) is 0 Å². The van der Waals surface area contributed by atoms with Crippen LogP contribution < -0.4 is 27.6 Å². The highest BCUT2D eigenvalue weighted by molar-refractivity contribution is 6.32. The molecule has 0 radical (unpaired) electrons. The lowest BCUT2D eigenvalue weighted by molar-refractivity contribution is 0.572. The summed E-state index contributed by atoms with van der Waals surface area (Å²) in [5, 5.41) is 8.75. The first kappa shape index (κ1) is 23.9. The van der Waals surface area contributed by atoms with Crippen LogP contribution in [0.1, 0.15) is 24.0 Å². The molecule has 1 unspecified atom stereocenters. The first-order valence-corrected chi connectivity index (χ1v) is 12.0. The van der Waals surface area contributed by atoms with Crippen LogP contribution in [0.4, 0.5) is 11.4 Å². The van der Waals surface area contributed by atoms with Crippen molar-refractivity contribution in [1.29, 1.82) is 0 Å². The zero-order valence-corrected chi connectivity index (χ0v) is 20.9. The van der Waals surface area contributed by atoms with Crippen molar-refractivity contribution in [3.63, 3.8) is 0 Å². The van der Waals surface area contributed by atoms with Crippen LogP contribution in [0.15, 0.2) is 64.5 Å². The summed E-state index contributed by atoms with van der Waals surface area (Å²) in [7, 11) is 1.87. The number of hydrogen-bond donors (Lipinski definition) is 4. The molecule has 11 heteroatoms. The Morgan fingerprint density at radius 3 is 2.67 bits per heavy atom. The van der Waals surface area contributed by atoms with E-state index in [1.807, 2.05) is 37.4 Å². The van der Waals surface area contributed by atoms with Gasteiger partial charge in [0.1, 0.15) is 12.2 Å². The third-order valence-electron chi connectivity index (χ3n) is 6.33. The van der Waals surface area contributed by atoms with E-state index in [4.69, 9.17) is 34.9 Å². The van der Waals surface area contributed by atoms with Crippen LogP contribution in [0.2, 0.25) is 10.2 Å². The van der Waals surface area contributed by atoms with Gasteiger partial charge in [0.2, 0.25) is 0 Å². The van der Waals surface area contributed by atoms with Gasteiger partial charge in [-0.1, -0.05) is 35.3 Å². The van der Waals surface area contributed by atoms with Crippen LogP contribution in [0, 0.1) is 0 Å². The Balaban J connectivity index is 1.53. The fourth-order valence-corrected chi connectivity index (χ4v) is 5.05. The van der Waals surface area contributed by atoms with E-state index in [2.05, 4.69) is 20.4 Å². The molecular weight excluding hydrogens is 499 g/mol. The summed E-state index contributed by atoms with van der Waals surface area (Å²) in [6, 6.07) is 16.4. The highest BCUT2D eigenvalue weighted by atomic mass is 35.5. The summed E-state index contributed by atoms with van der Waals surface area (Å²) >= 11 is 12.8. The summed E-state index contributed by atoms with van der Waals surface area (Å²) in [5.41, 5.74) is 5.38. The quantitative estimate of drug-likeness (QED) is 0.129. The maximum atomic E-state index is 13.4. The summed E-state index contributed by atoms with van der Waals surface area (Å²) in [6.07, 6.45) is 2.70. The van der Waals surface area contributed by atoms with Gasteiger partial charge >= 0.3 is 0 Å². The molecule has 1 aliphatic heterocycles. The molecule has 0 bridgehead atoms. The molecule has 3 heterocycles. The molecule has 184 valence electrons. The molecule has 6 N–H and O–H groups in total.